The number of rotatable bonds is 7. The van der Waals surface area contributed by atoms with Gasteiger partial charge in [-0.05, 0) is 67.9 Å². The van der Waals surface area contributed by atoms with Gasteiger partial charge in [-0.3, -0.25) is 14.7 Å². The first-order chi connectivity index (χ1) is 16.7. The molecule has 3 aromatic heterocycles. The Hall–Kier alpha value is -4.11. The highest BCUT2D eigenvalue weighted by Gasteiger charge is 2.31. The van der Waals surface area contributed by atoms with Gasteiger partial charge >= 0.3 is 0 Å². The van der Waals surface area contributed by atoms with Crippen LogP contribution in [0, 0.1) is 0 Å². The molecule has 0 aliphatic carbocycles. The predicted octanol–water partition coefficient (Wildman–Crippen LogP) is 4.12. The molecule has 0 bridgehead atoms. The van der Waals surface area contributed by atoms with Crippen molar-refractivity contribution in [3.8, 4) is 17.1 Å². The van der Waals surface area contributed by atoms with Crippen LogP contribution in [0.1, 0.15) is 40.8 Å². The van der Waals surface area contributed by atoms with Crippen LogP contribution >= 0.6 is 0 Å². The molecule has 1 aliphatic rings. The summed E-state index contributed by atoms with van der Waals surface area (Å²) in [7, 11) is 1.58. The third-order valence-corrected chi connectivity index (χ3v) is 5.80. The van der Waals surface area contributed by atoms with E-state index >= 15 is 0 Å². The van der Waals surface area contributed by atoms with E-state index in [0.717, 1.165) is 31.6 Å². The van der Waals surface area contributed by atoms with Crippen molar-refractivity contribution in [1.29, 1.82) is 0 Å². The first-order valence-electron chi connectivity index (χ1n) is 11.1. The molecule has 1 atom stereocenters. The zero-order chi connectivity index (χ0) is 23.3. The summed E-state index contributed by atoms with van der Waals surface area (Å²) in [6.07, 6.45) is 5.46. The predicted molar refractivity (Wildman–Crippen MR) is 125 cm³/mol. The zero-order valence-electron chi connectivity index (χ0n) is 18.7. The van der Waals surface area contributed by atoms with Gasteiger partial charge in [-0.25, -0.2) is 4.98 Å². The number of hydrogen-bond donors (Lipinski definition) is 1. The molecule has 9 heteroatoms. The second-order valence-electron chi connectivity index (χ2n) is 8.02. The van der Waals surface area contributed by atoms with Crippen LogP contribution < -0.4 is 10.1 Å². The number of aromatic nitrogens is 4. The van der Waals surface area contributed by atoms with Crippen LogP contribution in [0.5, 0.6) is 5.75 Å². The summed E-state index contributed by atoms with van der Waals surface area (Å²) < 4.78 is 10.7. The lowest BCUT2D eigenvalue weighted by molar-refractivity contribution is 0.102. The quantitative estimate of drug-likeness (QED) is 0.443. The van der Waals surface area contributed by atoms with Crippen molar-refractivity contribution in [2.24, 2.45) is 0 Å². The van der Waals surface area contributed by atoms with Gasteiger partial charge < -0.3 is 14.6 Å². The highest BCUT2D eigenvalue weighted by molar-refractivity contribution is 6.03. The van der Waals surface area contributed by atoms with E-state index in [2.05, 4.69) is 30.3 Å². The molecule has 172 valence electrons. The molecule has 1 fully saturated rings. The Kier molecular flexibility index (Phi) is 6.26. The number of nitrogens with zero attached hydrogens (tertiary/aromatic N) is 5. The third-order valence-electron chi connectivity index (χ3n) is 5.80. The van der Waals surface area contributed by atoms with E-state index in [-0.39, 0.29) is 11.9 Å². The first-order valence-corrected chi connectivity index (χ1v) is 11.1. The van der Waals surface area contributed by atoms with Gasteiger partial charge in [0.1, 0.15) is 11.6 Å². The van der Waals surface area contributed by atoms with Gasteiger partial charge in [0.15, 0.2) is 0 Å². The fourth-order valence-corrected chi connectivity index (χ4v) is 4.01. The molecule has 1 aromatic carbocycles. The number of nitrogens with one attached hydrogen (secondary N) is 1. The minimum Gasteiger partial charge on any atom is -0.497 e. The van der Waals surface area contributed by atoms with E-state index in [1.165, 1.54) is 0 Å². The van der Waals surface area contributed by atoms with Gasteiger partial charge in [0.05, 0.1) is 18.8 Å². The van der Waals surface area contributed by atoms with Crippen LogP contribution in [0.15, 0.2) is 71.5 Å². The molecule has 0 saturated carbocycles. The highest BCUT2D eigenvalue weighted by atomic mass is 16.5. The van der Waals surface area contributed by atoms with E-state index in [1.54, 1.807) is 49.8 Å². The van der Waals surface area contributed by atoms with Crippen LogP contribution in [-0.2, 0) is 6.54 Å². The molecule has 5 rings (SSSR count). The van der Waals surface area contributed by atoms with Crippen molar-refractivity contribution in [3.63, 3.8) is 0 Å². The summed E-state index contributed by atoms with van der Waals surface area (Å²) in [6, 6.07) is 16.4. The molecule has 4 aromatic rings. The molecule has 1 N–H and O–H groups in total. The number of carbonyl (C=O) groups is 1. The fourth-order valence-electron chi connectivity index (χ4n) is 4.01. The van der Waals surface area contributed by atoms with Gasteiger partial charge in [-0.1, -0.05) is 11.2 Å². The van der Waals surface area contributed by atoms with Gasteiger partial charge in [0.2, 0.25) is 11.7 Å². The summed E-state index contributed by atoms with van der Waals surface area (Å²) in [5.74, 6) is 1.95. The average molecular weight is 457 g/mol. The van der Waals surface area contributed by atoms with Gasteiger partial charge in [-0.15, -0.1) is 0 Å². The van der Waals surface area contributed by atoms with Crippen LogP contribution in [0.4, 0.5) is 5.82 Å². The van der Waals surface area contributed by atoms with Crippen LogP contribution in [-0.4, -0.2) is 44.6 Å². The summed E-state index contributed by atoms with van der Waals surface area (Å²) in [5.41, 5.74) is 2.25. The third kappa shape index (κ3) is 4.79. The summed E-state index contributed by atoms with van der Waals surface area (Å²) in [6.45, 7) is 1.70. The van der Waals surface area contributed by atoms with Gasteiger partial charge in [0, 0.05) is 30.1 Å². The van der Waals surface area contributed by atoms with E-state index in [0.29, 0.717) is 34.4 Å². The molecule has 4 heterocycles. The molecular weight excluding hydrogens is 432 g/mol. The SMILES string of the molecule is COc1ccc(C(=O)Nc2ccc(-c3noc([C@@H]4CCCN4Cc4ccccn4)n3)cn2)cc1. The second-order valence-corrected chi connectivity index (χ2v) is 8.02. The Bertz CT molecular complexity index is 1240. The lowest BCUT2D eigenvalue weighted by Crippen LogP contribution is -2.23. The normalized spacial score (nSPS) is 15.9. The maximum atomic E-state index is 12.4. The molecule has 0 unspecified atom stereocenters. The Morgan fingerprint density at radius 3 is 2.76 bits per heavy atom. The Balaban J connectivity index is 1.24. The van der Waals surface area contributed by atoms with Crippen LogP contribution in [0.3, 0.4) is 0 Å². The number of benzene rings is 1. The number of amides is 1. The van der Waals surface area contributed by atoms with E-state index in [1.807, 2.05) is 24.3 Å². The Labute approximate surface area is 196 Å². The number of hydrogen-bond acceptors (Lipinski definition) is 8. The Morgan fingerprint density at radius 2 is 2.03 bits per heavy atom. The highest BCUT2D eigenvalue weighted by Crippen LogP contribution is 2.33. The molecule has 0 spiro atoms. The molecule has 1 amide bonds. The second kappa shape index (κ2) is 9.80. The molecule has 1 saturated heterocycles. The number of ether oxygens (including phenoxy) is 1. The van der Waals surface area contributed by atoms with Crippen molar-refractivity contribution >= 4 is 11.7 Å². The number of pyridine rings is 2. The van der Waals surface area contributed by atoms with E-state index < -0.39 is 0 Å². The molecular formula is C25H24N6O3. The molecule has 9 nitrogen and oxygen atoms in total. The number of carbonyl (C=O) groups excluding carboxylic acids is 1. The minimum absolute atomic E-state index is 0.0688. The summed E-state index contributed by atoms with van der Waals surface area (Å²) in [5, 5.41) is 6.94. The Morgan fingerprint density at radius 1 is 1.15 bits per heavy atom. The number of methoxy groups -OCH3 is 1. The maximum Gasteiger partial charge on any atom is 0.256 e. The molecule has 1 aliphatic heterocycles. The lowest BCUT2D eigenvalue weighted by Gasteiger charge is -2.20. The van der Waals surface area contributed by atoms with Crippen molar-refractivity contribution in [2.45, 2.75) is 25.4 Å². The number of anilines is 1. The largest absolute Gasteiger partial charge is 0.497 e. The fraction of sp³-hybridized carbons (Fsp3) is 0.240. The maximum absolute atomic E-state index is 12.4. The lowest BCUT2D eigenvalue weighted by atomic mass is 10.2. The van der Waals surface area contributed by atoms with Crippen molar-refractivity contribution in [1.82, 2.24) is 25.0 Å². The smallest absolute Gasteiger partial charge is 0.256 e. The monoisotopic (exact) mass is 456 g/mol. The van der Waals surface area contributed by atoms with E-state index in [4.69, 9.17) is 9.26 Å². The van der Waals surface area contributed by atoms with Crippen molar-refractivity contribution in [2.75, 3.05) is 19.0 Å². The first kappa shape index (κ1) is 21.7. The van der Waals surface area contributed by atoms with Gasteiger partial charge in [0.25, 0.3) is 5.91 Å². The summed E-state index contributed by atoms with van der Waals surface area (Å²) in [4.78, 5) is 28.1. The number of likely N-dealkylation sites (tertiary alicyclic amines) is 1. The van der Waals surface area contributed by atoms with Gasteiger partial charge in [-0.2, -0.15) is 4.98 Å². The molecule has 0 radical (unpaired) electrons. The average Bonchev–Trinajstić information content (AvgIpc) is 3.55. The van der Waals surface area contributed by atoms with Crippen LogP contribution in [0.2, 0.25) is 0 Å². The zero-order valence-corrected chi connectivity index (χ0v) is 18.7. The standard InChI is InChI=1S/C25H24N6O3/c1-33-20-10-7-17(8-11-20)24(32)28-22-12-9-18(15-27-22)23-29-25(34-30-23)21-6-4-14-31(21)16-19-5-2-3-13-26-19/h2-3,5,7-13,15,21H,4,6,14,16H2,1H3,(H,27,28,32)/t21-/m0/s1. The minimum atomic E-state index is -0.251. The molecule has 34 heavy (non-hydrogen) atoms. The topological polar surface area (TPSA) is 106 Å². The summed E-state index contributed by atoms with van der Waals surface area (Å²) >= 11 is 0. The van der Waals surface area contributed by atoms with Crippen LogP contribution in [0.25, 0.3) is 11.4 Å². The van der Waals surface area contributed by atoms with Crippen molar-refractivity contribution < 1.29 is 14.1 Å². The van der Waals surface area contributed by atoms with E-state index in [9.17, 15) is 4.79 Å². The van der Waals surface area contributed by atoms with Crippen molar-refractivity contribution in [3.05, 3.63) is 84.1 Å².